The highest BCUT2D eigenvalue weighted by molar-refractivity contribution is 5.79. The average molecular weight is 266 g/mol. The molecule has 0 fully saturated rings. The van der Waals surface area contributed by atoms with E-state index in [2.05, 4.69) is 5.32 Å². The minimum absolute atomic E-state index is 0.0176. The number of nitrogens with zero attached hydrogens (tertiary/aromatic N) is 1. The van der Waals surface area contributed by atoms with Crippen LogP contribution in [0.15, 0.2) is 24.3 Å². The summed E-state index contributed by atoms with van der Waals surface area (Å²) in [5, 5.41) is 13.6. The van der Waals surface area contributed by atoms with Crippen molar-refractivity contribution in [1.82, 2.24) is 0 Å². The van der Waals surface area contributed by atoms with Crippen LogP contribution in [0.25, 0.3) is 0 Å². The molecule has 0 bridgehead atoms. The Labute approximate surface area is 111 Å². The summed E-state index contributed by atoms with van der Waals surface area (Å²) in [6.45, 7) is 4.01. The fraction of sp³-hybridized carbons (Fsp3) is 0.462. The van der Waals surface area contributed by atoms with Gasteiger partial charge in [0, 0.05) is 17.8 Å². The third-order valence-electron chi connectivity index (χ3n) is 2.61. The average Bonchev–Trinajstić information content (AvgIpc) is 2.37. The van der Waals surface area contributed by atoms with E-state index < -0.39 is 11.0 Å². The first kappa shape index (κ1) is 14.9. The quantitative estimate of drug-likeness (QED) is 0.486. The first-order valence-electron chi connectivity index (χ1n) is 6.03. The Balaban J connectivity index is 2.78. The number of anilines is 1. The van der Waals surface area contributed by atoms with Gasteiger partial charge in [-0.3, -0.25) is 10.1 Å². The minimum Gasteiger partial charge on any atom is -0.467 e. The van der Waals surface area contributed by atoms with E-state index in [-0.39, 0.29) is 11.7 Å². The smallest absolute Gasteiger partial charge is 0.328 e. The highest BCUT2D eigenvalue weighted by atomic mass is 16.6. The number of nitrogens with one attached hydrogen (secondary N) is 1. The van der Waals surface area contributed by atoms with E-state index in [1.165, 1.54) is 19.2 Å². The van der Waals surface area contributed by atoms with E-state index in [0.29, 0.717) is 18.0 Å². The predicted molar refractivity (Wildman–Crippen MR) is 72.0 cm³/mol. The summed E-state index contributed by atoms with van der Waals surface area (Å²) in [6, 6.07) is 5.49. The third kappa shape index (κ3) is 4.57. The number of hydrogen-bond donors (Lipinski definition) is 1. The van der Waals surface area contributed by atoms with Gasteiger partial charge in [-0.1, -0.05) is 13.8 Å². The van der Waals surface area contributed by atoms with Crippen LogP contribution in [0.1, 0.15) is 20.3 Å². The van der Waals surface area contributed by atoms with Crippen molar-refractivity contribution in [2.24, 2.45) is 5.92 Å². The van der Waals surface area contributed by atoms with Crippen molar-refractivity contribution in [2.45, 2.75) is 26.3 Å². The van der Waals surface area contributed by atoms with Crippen molar-refractivity contribution < 1.29 is 14.5 Å². The molecule has 1 N–H and O–H groups in total. The summed E-state index contributed by atoms with van der Waals surface area (Å²) in [5.74, 6) is -0.0123. The van der Waals surface area contributed by atoms with E-state index >= 15 is 0 Å². The molecule has 6 nitrogen and oxygen atoms in total. The van der Waals surface area contributed by atoms with Gasteiger partial charge in [0.1, 0.15) is 6.04 Å². The van der Waals surface area contributed by atoms with Gasteiger partial charge in [0.2, 0.25) is 0 Å². The SMILES string of the molecule is COC(=O)C(CC(C)C)Nc1ccc([N+](=O)[O-])cc1. The number of benzene rings is 1. The first-order valence-corrected chi connectivity index (χ1v) is 6.03. The Morgan fingerprint density at radius 3 is 2.37 bits per heavy atom. The van der Waals surface area contributed by atoms with E-state index in [1.807, 2.05) is 13.8 Å². The predicted octanol–water partition coefficient (Wildman–Crippen LogP) is 2.59. The number of rotatable bonds is 6. The van der Waals surface area contributed by atoms with Gasteiger partial charge in [-0.15, -0.1) is 0 Å². The summed E-state index contributed by atoms with van der Waals surface area (Å²) in [6.07, 6.45) is 0.629. The zero-order chi connectivity index (χ0) is 14.4. The monoisotopic (exact) mass is 266 g/mol. The van der Waals surface area contributed by atoms with Crippen molar-refractivity contribution in [1.29, 1.82) is 0 Å². The first-order chi connectivity index (χ1) is 8.93. The molecule has 0 radical (unpaired) electrons. The van der Waals surface area contributed by atoms with Gasteiger partial charge in [0.05, 0.1) is 12.0 Å². The second-order valence-electron chi connectivity index (χ2n) is 4.65. The number of non-ortho nitro benzene ring substituents is 1. The highest BCUT2D eigenvalue weighted by Crippen LogP contribution is 2.18. The molecule has 1 aromatic carbocycles. The minimum atomic E-state index is -0.463. The van der Waals surface area contributed by atoms with E-state index in [1.54, 1.807) is 12.1 Å². The molecule has 1 unspecified atom stereocenters. The number of methoxy groups -OCH3 is 1. The summed E-state index contributed by atoms with van der Waals surface area (Å²) in [4.78, 5) is 21.7. The Morgan fingerprint density at radius 1 is 1.37 bits per heavy atom. The summed E-state index contributed by atoms with van der Waals surface area (Å²) >= 11 is 0. The molecule has 0 aromatic heterocycles. The molecule has 0 saturated heterocycles. The van der Waals surface area contributed by atoms with Crippen molar-refractivity contribution in [2.75, 3.05) is 12.4 Å². The van der Waals surface area contributed by atoms with Gasteiger partial charge in [-0.25, -0.2) is 4.79 Å². The Morgan fingerprint density at radius 2 is 1.95 bits per heavy atom. The zero-order valence-corrected chi connectivity index (χ0v) is 11.3. The van der Waals surface area contributed by atoms with Crippen LogP contribution in [0.4, 0.5) is 11.4 Å². The van der Waals surface area contributed by atoms with Gasteiger partial charge in [0.15, 0.2) is 0 Å². The number of hydrogen-bond acceptors (Lipinski definition) is 5. The molecule has 0 heterocycles. The molecule has 0 aliphatic rings. The molecule has 0 saturated carbocycles. The molecule has 104 valence electrons. The third-order valence-corrected chi connectivity index (χ3v) is 2.61. The van der Waals surface area contributed by atoms with Crippen LogP contribution in [-0.4, -0.2) is 24.0 Å². The lowest BCUT2D eigenvalue weighted by molar-refractivity contribution is -0.384. The molecular formula is C13H18N2O4. The van der Waals surface area contributed by atoms with Crippen LogP contribution in [0.2, 0.25) is 0 Å². The maximum Gasteiger partial charge on any atom is 0.328 e. The largest absolute Gasteiger partial charge is 0.467 e. The van der Waals surface area contributed by atoms with Crippen LogP contribution >= 0.6 is 0 Å². The van der Waals surface area contributed by atoms with E-state index in [4.69, 9.17) is 4.74 Å². The molecular weight excluding hydrogens is 248 g/mol. The van der Waals surface area contributed by atoms with Gasteiger partial charge in [-0.2, -0.15) is 0 Å². The van der Waals surface area contributed by atoms with Gasteiger partial charge < -0.3 is 10.1 Å². The molecule has 0 amide bonds. The summed E-state index contributed by atoms with van der Waals surface area (Å²) in [7, 11) is 1.34. The standard InChI is InChI=1S/C13H18N2O4/c1-9(2)8-12(13(16)19-3)14-10-4-6-11(7-5-10)15(17)18/h4-7,9,12,14H,8H2,1-3H3. The van der Waals surface area contributed by atoms with Crippen molar-refractivity contribution in [3.05, 3.63) is 34.4 Å². The molecule has 0 spiro atoms. The zero-order valence-electron chi connectivity index (χ0n) is 11.3. The Bertz CT molecular complexity index is 442. The fourth-order valence-electron chi connectivity index (χ4n) is 1.71. The molecule has 6 heteroatoms. The summed E-state index contributed by atoms with van der Waals surface area (Å²) < 4.78 is 4.74. The van der Waals surface area contributed by atoms with Gasteiger partial charge in [-0.05, 0) is 24.5 Å². The summed E-state index contributed by atoms with van der Waals surface area (Å²) in [5.41, 5.74) is 0.672. The number of esters is 1. The maximum absolute atomic E-state index is 11.6. The Hall–Kier alpha value is -2.11. The topological polar surface area (TPSA) is 81.5 Å². The van der Waals surface area contributed by atoms with Gasteiger partial charge >= 0.3 is 5.97 Å². The lowest BCUT2D eigenvalue weighted by Crippen LogP contribution is -2.32. The number of nitro groups is 1. The number of carbonyl (C=O) groups excluding carboxylic acids is 1. The van der Waals surface area contributed by atoms with E-state index in [0.717, 1.165) is 0 Å². The molecule has 1 rings (SSSR count). The number of nitro benzene ring substituents is 1. The van der Waals surface area contributed by atoms with Crippen molar-refractivity contribution in [3.8, 4) is 0 Å². The van der Waals surface area contributed by atoms with Crippen LogP contribution in [0.5, 0.6) is 0 Å². The van der Waals surface area contributed by atoms with Crippen LogP contribution < -0.4 is 5.32 Å². The maximum atomic E-state index is 11.6. The lowest BCUT2D eigenvalue weighted by Gasteiger charge is -2.19. The van der Waals surface area contributed by atoms with Crippen LogP contribution in [0.3, 0.4) is 0 Å². The Kier molecular flexibility index (Phi) is 5.29. The molecule has 0 aliphatic carbocycles. The second-order valence-corrected chi connectivity index (χ2v) is 4.65. The van der Waals surface area contributed by atoms with Gasteiger partial charge in [0.25, 0.3) is 5.69 Å². The van der Waals surface area contributed by atoms with Crippen LogP contribution in [-0.2, 0) is 9.53 Å². The van der Waals surface area contributed by atoms with E-state index in [9.17, 15) is 14.9 Å². The molecule has 19 heavy (non-hydrogen) atoms. The lowest BCUT2D eigenvalue weighted by atomic mass is 10.0. The number of carbonyl (C=O) groups is 1. The fourth-order valence-corrected chi connectivity index (χ4v) is 1.71. The molecule has 1 atom stereocenters. The van der Waals surface area contributed by atoms with Crippen molar-refractivity contribution >= 4 is 17.3 Å². The molecule has 0 aliphatic heterocycles. The normalized spacial score (nSPS) is 12.0. The van der Waals surface area contributed by atoms with Crippen molar-refractivity contribution in [3.63, 3.8) is 0 Å². The van der Waals surface area contributed by atoms with Crippen LogP contribution in [0, 0.1) is 16.0 Å². The second kappa shape index (κ2) is 6.72. The highest BCUT2D eigenvalue weighted by Gasteiger charge is 2.20. The number of ether oxygens (including phenoxy) is 1. The molecule has 1 aromatic rings.